The highest BCUT2D eigenvalue weighted by atomic mass is 35.5. The number of allylic oxidation sites excluding steroid dienone is 2. The van der Waals surface area contributed by atoms with Gasteiger partial charge in [-0.15, -0.1) is 0 Å². The average Bonchev–Trinajstić information content (AvgIpc) is 3.47. The van der Waals surface area contributed by atoms with Crippen molar-refractivity contribution in [3.05, 3.63) is 71.3 Å². The van der Waals surface area contributed by atoms with E-state index in [1.165, 1.54) is 12.0 Å². The van der Waals surface area contributed by atoms with E-state index in [1.54, 1.807) is 18.2 Å². The zero-order valence-electron chi connectivity index (χ0n) is 17.5. The Morgan fingerprint density at radius 2 is 1.75 bits per heavy atom. The summed E-state index contributed by atoms with van der Waals surface area (Å²) in [6.45, 7) is 0. The summed E-state index contributed by atoms with van der Waals surface area (Å²) in [5.74, 6) is -1.04. The Balaban J connectivity index is 1.48. The number of hydrogen-bond acceptors (Lipinski definition) is 4. The third kappa shape index (κ3) is 3.39. The Morgan fingerprint density at radius 1 is 1.09 bits per heavy atom. The van der Waals surface area contributed by atoms with Crippen molar-refractivity contribution in [2.24, 2.45) is 23.7 Å². The maximum Gasteiger partial charge on any atom is 0.248 e. The fourth-order valence-corrected chi connectivity index (χ4v) is 5.54. The van der Waals surface area contributed by atoms with Gasteiger partial charge in [0.15, 0.2) is 0 Å². The van der Waals surface area contributed by atoms with Crippen LogP contribution in [0.15, 0.2) is 60.7 Å². The Labute approximate surface area is 191 Å². The van der Waals surface area contributed by atoms with E-state index < -0.39 is 11.9 Å². The van der Waals surface area contributed by atoms with Crippen LogP contribution in [0.5, 0.6) is 5.75 Å². The van der Waals surface area contributed by atoms with Crippen LogP contribution < -0.4 is 10.1 Å². The smallest absolute Gasteiger partial charge is 0.248 e. The molecule has 2 aromatic carbocycles. The average molecular weight is 451 g/mol. The van der Waals surface area contributed by atoms with Gasteiger partial charge >= 0.3 is 0 Å². The number of fused-ring (bicyclic) bond motifs is 5. The van der Waals surface area contributed by atoms with Crippen LogP contribution in [0, 0.1) is 23.7 Å². The van der Waals surface area contributed by atoms with Gasteiger partial charge in [0.05, 0.1) is 24.6 Å². The van der Waals surface area contributed by atoms with E-state index in [-0.39, 0.29) is 41.9 Å². The summed E-state index contributed by atoms with van der Waals surface area (Å²) in [5, 5.41) is 3.27. The number of halogens is 1. The lowest BCUT2D eigenvalue weighted by atomic mass is 9.85. The number of amides is 3. The molecule has 0 radical (unpaired) electrons. The minimum atomic E-state index is -0.967. The quantitative estimate of drug-likeness (QED) is 0.537. The van der Waals surface area contributed by atoms with E-state index in [0.29, 0.717) is 16.5 Å². The zero-order valence-corrected chi connectivity index (χ0v) is 18.3. The Hall–Kier alpha value is -3.12. The molecule has 7 heteroatoms. The summed E-state index contributed by atoms with van der Waals surface area (Å²) in [6, 6.07) is 13.3. The number of nitrogens with one attached hydrogen (secondary N) is 1. The minimum Gasteiger partial charge on any atom is -0.495 e. The van der Waals surface area contributed by atoms with Gasteiger partial charge in [-0.2, -0.15) is 0 Å². The third-order valence-corrected chi connectivity index (χ3v) is 7.05. The molecule has 2 aromatic rings. The number of methoxy groups -OCH3 is 1. The number of carbonyl (C=O) groups is 3. The lowest BCUT2D eigenvalue weighted by Crippen LogP contribution is -2.49. The fraction of sp³-hybridized carbons (Fsp3) is 0.320. The normalized spacial score (nSPS) is 26.4. The third-order valence-electron chi connectivity index (χ3n) is 6.81. The number of rotatable bonds is 6. The molecular formula is C25H23ClN2O4. The maximum atomic E-state index is 13.5. The first-order valence-corrected chi connectivity index (χ1v) is 11.1. The second-order valence-electron chi connectivity index (χ2n) is 8.59. The van der Waals surface area contributed by atoms with Gasteiger partial charge in [-0.05, 0) is 42.0 Å². The summed E-state index contributed by atoms with van der Waals surface area (Å²) in [4.78, 5) is 41.5. The predicted molar refractivity (Wildman–Crippen MR) is 120 cm³/mol. The summed E-state index contributed by atoms with van der Waals surface area (Å²) in [5.41, 5.74) is 1.26. The van der Waals surface area contributed by atoms with Crippen LogP contribution >= 0.6 is 11.6 Å². The molecule has 5 rings (SSSR count). The Morgan fingerprint density at radius 3 is 2.38 bits per heavy atom. The van der Waals surface area contributed by atoms with Gasteiger partial charge in [0.25, 0.3) is 0 Å². The number of nitrogens with zero attached hydrogens (tertiary/aromatic N) is 1. The van der Waals surface area contributed by atoms with Crippen molar-refractivity contribution in [3.8, 4) is 5.75 Å². The van der Waals surface area contributed by atoms with Gasteiger partial charge in [0.2, 0.25) is 17.7 Å². The number of imide groups is 1. The van der Waals surface area contributed by atoms with Gasteiger partial charge in [0, 0.05) is 11.4 Å². The minimum absolute atomic E-state index is 0.0833. The number of ether oxygens (including phenoxy) is 1. The molecule has 1 saturated carbocycles. The predicted octanol–water partition coefficient (Wildman–Crippen LogP) is 3.71. The van der Waals surface area contributed by atoms with Crippen molar-refractivity contribution in [2.45, 2.75) is 18.9 Å². The zero-order chi connectivity index (χ0) is 22.4. The molecule has 2 aliphatic carbocycles. The van der Waals surface area contributed by atoms with Crippen LogP contribution in [-0.4, -0.2) is 35.8 Å². The summed E-state index contributed by atoms with van der Waals surface area (Å²) < 4.78 is 5.33. The van der Waals surface area contributed by atoms with Crippen molar-refractivity contribution in [1.82, 2.24) is 4.90 Å². The van der Waals surface area contributed by atoms with E-state index in [9.17, 15) is 14.4 Å². The van der Waals surface area contributed by atoms with Gasteiger partial charge in [-0.1, -0.05) is 54.1 Å². The molecule has 2 bridgehead atoms. The van der Waals surface area contributed by atoms with Crippen molar-refractivity contribution in [3.63, 3.8) is 0 Å². The first kappa shape index (κ1) is 20.8. The van der Waals surface area contributed by atoms with Gasteiger partial charge < -0.3 is 10.1 Å². The molecule has 1 saturated heterocycles. The molecule has 5 atom stereocenters. The molecule has 164 valence electrons. The van der Waals surface area contributed by atoms with E-state index in [0.717, 1.165) is 12.0 Å². The van der Waals surface area contributed by atoms with Crippen molar-refractivity contribution in [2.75, 3.05) is 12.4 Å². The van der Waals surface area contributed by atoms with Crippen LogP contribution in [0.1, 0.15) is 12.0 Å². The van der Waals surface area contributed by atoms with E-state index in [1.807, 2.05) is 42.5 Å². The molecule has 2 fully saturated rings. The molecule has 3 aliphatic rings. The van der Waals surface area contributed by atoms with Gasteiger partial charge in [0.1, 0.15) is 11.8 Å². The highest BCUT2D eigenvalue weighted by molar-refractivity contribution is 6.31. The lowest BCUT2D eigenvalue weighted by Gasteiger charge is -2.27. The highest BCUT2D eigenvalue weighted by Gasteiger charge is 2.61. The molecule has 1 N–H and O–H groups in total. The SMILES string of the molecule is COc1ccc(Cl)cc1NC(=O)[C@H](Cc1ccccc1)N1C(=O)[C@@H]2[C@@H](C1=O)[C@H]1C=C[C@H]2C1. The van der Waals surface area contributed by atoms with E-state index in [4.69, 9.17) is 16.3 Å². The molecule has 1 heterocycles. The van der Waals surface area contributed by atoms with E-state index >= 15 is 0 Å². The molecule has 0 unspecified atom stereocenters. The summed E-state index contributed by atoms with van der Waals surface area (Å²) in [6.07, 6.45) is 5.17. The molecule has 0 aromatic heterocycles. The monoisotopic (exact) mass is 450 g/mol. The summed E-state index contributed by atoms with van der Waals surface area (Å²) >= 11 is 6.11. The highest BCUT2D eigenvalue weighted by Crippen LogP contribution is 2.53. The van der Waals surface area contributed by atoms with Crippen LogP contribution in [0.2, 0.25) is 5.02 Å². The number of hydrogen-bond donors (Lipinski definition) is 1. The van der Waals surface area contributed by atoms with Gasteiger partial charge in [-0.3, -0.25) is 19.3 Å². The van der Waals surface area contributed by atoms with Gasteiger partial charge in [-0.25, -0.2) is 0 Å². The molecular weight excluding hydrogens is 428 g/mol. The van der Waals surface area contributed by atoms with Crippen molar-refractivity contribution >= 4 is 35.0 Å². The Bertz CT molecular complexity index is 1090. The topological polar surface area (TPSA) is 75.7 Å². The number of benzene rings is 2. The number of anilines is 1. The molecule has 32 heavy (non-hydrogen) atoms. The second-order valence-corrected chi connectivity index (χ2v) is 9.02. The lowest BCUT2D eigenvalue weighted by molar-refractivity contribution is -0.147. The molecule has 3 amide bonds. The van der Waals surface area contributed by atoms with Crippen LogP contribution in [0.4, 0.5) is 5.69 Å². The first-order valence-electron chi connectivity index (χ1n) is 10.7. The van der Waals surface area contributed by atoms with Crippen molar-refractivity contribution < 1.29 is 19.1 Å². The van der Waals surface area contributed by atoms with Crippen LogP contribution in [0.25, 0.3) is 0 Å². The molecule has 1 aliphatic heterocycles. The standard InChI is InChI=1S/C25H23ClN2O4/c1-32-20-10-9-17(26)13-18(20)27-23(29)19(11-14-5-3-2-4-6-14)28-24(30)21-15-7-8-16(12-15)22(21)25(28)31/h2-10,13,15-16,19,21-22H,11-12H2,1H3,(H,27,29)/t15-,16-,19-,21-,22-/m0/s1. The maximum absolute atomic E-state index is 13.5. The fourth-order valence-electron chi connectivity index (χ4n) is 5.37. The van der Waals surface area contributed by atoms with Crippen molar-refractivity contribution in [1.29, 1.82) is 0 Å². The Kier molecular flexibility index (Phi) is 5.25. The second kappa shape index (κ2) is 8.10. The van der Waals surface area contributed by atoms with E-state index in [2.05, 4.69) is 5.32 Å². The van der Waals surface area contributed by atoms with Crippen LogP contribution in [-0.2, 0) is 20.8 Å². The molecule has 0 spiro atoms. The molecule has 6 nitrogen and oxygen atoms in total. The largest absolute Gasteiger partial charge is 0.495 e. The number of likely N-dealkylation sites (tertiary alicyclic amines) is 1. The first-order chi connectivity index (χ1) is 15.5. The van der Waals surface area contributed by atoms with Crippen LogP contribution in [0.3, 0.4) is 0 Å². The summed E-state index contributed by atoms with van der Waals surface area (Å²) in [7, 11) is 1.50. The number of carbonyl (C=O) groups excluding carboxylic acids is 3.